The molecule has 0 aromatic rings. The largest absolute Gasteiger partial charge is 0.283 e. The summed E-state index contributed by atoms with van der Waals surface area (Å²) in [6, 6.07) is 0. The van der Waals surface area contributed by atoms with Gasteiger partial charge in [0.25, 0.3) is 10.1 Å². The maximum Gasteiger partial charge on any atom is 0.283 e. The van der Waals surface area contributed by atoms with E-state index in [0.29, 0.717) is 0 Å². The predicted octanol–water partition coefficient (Wildman–Crippen LogP) is 1.81. The smallest absolute Gasteiger partial charge is 0.259 e. The van der Waals surface area contributed by atoms with Crippen LogP contribution in [-0.4, -0.2) is 22.5 Å². The fourth-order valence-electron chi connectivity index (χ4n) is 0.542. The van der Waals surface area contributed by atoms with Gasteiger partial charge in [-0.3, -0.25) is 4.18 Å². The van der Waals surface area contributed by atoms with Crippen LogP contribution >= 0.6 is 50.7 Å². The van der Waals surface area contributed by atoms with Crippen LogP contribution in [0, 0.1) is 0 Å². The van der Waals surface area contributed by atoms with Gasteiger partial charge in [0.2, 0.25) is 3.79 Å². The van der Waals surface area contributed by atoms with E-state index in [1.807, 2.05) is 0 Å². The summed E-state index contributed by atoms with van der Waals surface area (Å²) >= 11 is 18.9. The van der Waals surface area contributed by atoms with Crippen molar-refractivity contribution in [3.63, 3.8) is 0 Å². The van der Waals surface area contributed by atoms with Crippen LogP contribution in [-0.2, 0) is 14.3 Å². The quantitative estimate of drug-likeness (QED) is 0.506. The van der Waals surface area contributed by atoms with Gasteiger partial charge in [-0.2, -0.15) is 8.42 Å². The number of hydrogen-bond donors (Lipinski definition) is 0. The number of alkyl halides is 4. The molecule has 0 saturated carbocycles. The summed E-state index contributed by atoms with van der Waals surface area (Å²) < 4.78 is 23.0. The molecule has 11 heavy (non-hydrogen) atoms. The highest BCUT2D eigenvalue weighted by Crippen LogP contribution is 2.45. The first-order chi connectivity index (χ1) is 4.75. The molecule has 1 saturated heterocycles. The lowest BCUT2D eigenvalue weighted by Crippen LogP contribution is -2.52. The van der Waals surface area contributed by atoms with Gasteiger partial charge >= 0.3 is 0 Å². The second-order valence-electron chi connectivity index (χ2n) is 1.90. The first-order valence-corrected chi connectivity index (χ1v) is 5.90. The minimum Gasteiger partial charge on any atom is -0.259 e. The van der Waals surface area contributed by atoms with E-state index in [0.717, 1.165) is 0 Å². The highest BCUT2D eigenvalue weighted by atomic mass is 79.9. The van der Waals surface area contributed by atoms with E-state index in [4.69, 9.17) is 34.8 Å². The van der Waals surface area contributed by atoms with E-state index < -0.39 is 24.2 Å². The third-order valence-corrected chi connectivity index (χ3v) is 4.85. The van der Waals surface area contributed by atoms with Crippen molar-refractivity contribution < 1.29 is 12.6 Å². The van der Waals surface area contributed by atoms with Gasteiger partial charge in [0.15, 0.2) is 10.3 Å². The maximum atomic E-state index is 10.6. The molecule has 1 aliphatic rings. The maximum absolute atomic E-state index is 10.6. The van der Waals surface area contributed by atoms with E-state index in [-0.39, 0.29) is 0 Å². The third-order valence-electron chi connectivity index (χ3n) is 1.07. The zero-order chi connectivity index (χ0) is 8.86. The first kappa shape index (κ1) is 10.3. The Bertz CT molecular complexity index is 257. The molecule has 0 spiro atoms. The van der Waals surface area contributed by atoms with Gasteiger partial charge < -0.3 is 0 Å². The molecule has 8 heteroatoms. The minimum atomic E-state index is -3.53. The molecule has 1 fully saturated rings. The lowest BCUT2D eigenvalue weighted by molar-refractivity contribution is 0.174. The molecule has 0 radical (unpaired) electrons. The van der Waals surface area contributed by atoms with Crippen LogP contribution in [0.3, 0.4) is 0 Å². The highest BCUT2D eigenvalue weighted by Gasteiger charge is 2.56. The van der Waals surface area contributed by atoms with E-state index in [2.05, 4.69) is 20.1 Å². The fourth-order valence-corrected chi connectivity index (χ4v) is 3.84. The molecule has 0 N–H and O–H groups in total. The van der Waals surface area contributed by atoms with Crippen LogP contribution in [0.2, 0.25) is 0 Å². The van der Waals surface area contributed by atoms with Crippen LogP contribution in [0.5, 0.6) is 0 Å². The van der Waals surface area contributed by atoms with E-state index in [9.17, 15) is 8.42 Å². The van der Waals surface area contributed by atoms with Crippen molar-refractivity contribution in [1.29, 1.82) is 0 Å². The summed E-state index contributed by atoms with van der Waals surface area (Å²) in [7, 11) is -3.53. The molecular weight excluding hydrogens is 302 g/mol. The van der Waals surface area contributed by atoms with Gasteiger partial charge in [0.1, 0.15) is 0 Å². The molecule has 0 aromatic heterocycles. The van der Waals surface area contributed by atoms with Crippen LogP contribution in [0.1, 0.15) is 0 Å². The molecule has 66 valence electrons. The molecule has 3 nitrogen and oxygen atoms in total. The molecule has 0 aliphatic carbocycles. The SMILES string of the molecule is O=S1(=O)OC(C(Cl)(Cl)Cl)C1Br. The third kappa shape index (κ3) is 1.95. The van der Waals surface area contributed by atoms with Gasteiger partial charge in [-0.25, -0.2) is 0 Å². The van der Waals surface area contributed by atoms with Crippen molar-refractivity contribution in [1.82, 2.24) is 0 Å². The predicted molar refractivity (Wildman–Crippen MR) is 46.8 cm³/mol. The number of hydrogen-bond acceptors (Lipinski definition) is 3. The zero-order valence-corrected chi connectivity index (χ0v) is 9.47. The fraction of sp³-hybridized carbons (Fsp3) is 1.00. The van der Waals surface area contributed by atoms with Crippen molar-refractivity contribution in [2.75, 3.05) is 0 Å². The molecule has 2 atom stereocenters. The summed E-state index contributed by atoms with van der Waals surface area (Å²) in [5.41, 5.74) is 0. The van der Waals surface area contributed by atoms with Gasteiger partial charge in [0.05, 0.1) is 0 Å². The van der Waals surface area contributed by atoms with Crippen molar-refractivity contribution >= 4 is 60.9 Å². The molecule has 0 bridgehead atoms. The van der Waals surface area contributed by atoms with E-state index >= 15 is 0 Å². The normalized spacial score (nSPS) is 36.4. The first-order valence-electron chi connectivity index (χ1n) is 2.38. The summed E-state index contributed by atoms with van der Waals surface area (Å²) in [5.74, 6) is 0. The Kier molecular flexibility index (Phi) is 2.71. The number of halogens is 4. The lowest BCUT2D eigenvalue weighted by atomic mass is 10.5. The second kappa shape index (κ2) is 2.89. The molecule has 0 aromatic carbocycles. The van der Waals surface area contributed by atoms with Crippen molar-refractivity contribution in [3.8, 4) is 0 Å². The van der Waals surface area contributed by atoms with Crippen molar-refractivity contribution in [3.05, 3.63) is 0 Å². The Morgan fingerprint density at radius 1 is 1.36 bits per heavy atom. The average molecular weight is 304 g/mol. The highest BCUT2D eigenvalue weighted by molar-refractivity contribution is 9.11. The van der Waals surface area contributed by atoms with E-state index in [1.54, 1.807) is 0 Å². The zero-order valence-electron chi connectivity index (χ0n) is 4.80. The standard InChI is InChI=1S/C3H2BrCl3O3S/c4-2-1(3(5,6)7)10-11(2,8)9/h1-2H. The van der Waals surface area contributed by atoms with Gasteiger partial charge in [-0.05, 0) is 0 Å². The van der Waals surface area contributed by atoms with Crippen molar-refractivity contribution in [2.45, 2.75) is 14.1 Å². The van der Waals surface area contributed by atoms with Crippen LogP contribution in [0.4, 0.5) is 0 Å². The minimum absolute atomic E-state index is 0.928. The Hall–Kier alpha value is 1.26. The van der Waals surface area contributed by atoms with Gasteiger partial charge in [-0.15, -0.1) is 0 Å². The Morgan fingerprint density at radius 3 is 1.91 bits per heavy atom. The second-order valence-corrected chi connectivity index (χ2v) is 7.55. The molecule has 2 unspecified atom stereocenters. The van der Waals surface area contributed by atoms with Crippen LogP contribution < -0.4 is 0 Å². The molecule has 1 aliphatic heterocycles. The topological polar surface area (TPSA) is 43.4 Å². The van der Waals surface area contributed by atoms with Crippen LogP contribution in [0.15, 0.2) is 0 Å². The molecular formula is C3H2BrCl3O3S. The Morgan fingerprint density at radius 2 is 1.82 bits per heavy atom. The molecule has 0 amide bonds. The van der Waals surface area contributed by atoms with Crippen molar-refractivity contribution in [2.24, 2.45) is 0 Å². The monoisotopic (exact) mass is 302 g/mol. The lowest BCUT2D eigenvalue weighted by Gasteiger charge is -2.35. The Labute approximate surface area is 87.2 Å². The average Bonchev–Trinajstić information content (AvgIpc) is 1.80. The summed E-state index contributed by atoms with van der Waals surface area (Å²) in [6.45, 7) is 0. The van der Waals surface area contributed by atoms with Gasteiger partial charge in [-0.1, -0.05) is 50.7 Å². The molecule has 1 heterocycles. The summed E-state index contributed by atoms with van der Waals surface area (Å²) in [6.07, 6.45) is -0.933. The summed E-state index contributed by atoms with van der Waals surface area (Å²) in [5, 5.41) is 0. The number of rotatable bonds is 0. The van der Waals surface area contributed by atoms with Gasteiger partial charge in [0, 0.05) is 0 Å². The Balaban J connectivity index is 2.74. The molecule has 1 rings (SSSR count). The summed E-state index contributed by atoms with van der Waals surface area (Å²) in [4.78, 5) is 0. The van der Waals surface area contributed by atoms with E-state index in [1.165, 1.54) is 0 Å². The van der Waals surface area contributed by atoms with Crippen LogP contribution in [0.25, 0.3) is 0 Å².